The van der Waals surface area contributed by atoms with Crippen molar-refractivity contribution >= 4 is 0 Å². The Balaban J connectivity index is 1.50. The highest BCUT2D eigenvalue weighted by Gasteiger charge is 2.22. The summed E-state index contributed by atoms with van der Waals surface area (Å²) in [6, 6.07) is 9.62. The fraction of sp³-hybridized carbons (Fsp3) is 0.619. The van der Waals surface area contributed by atoms with Crippen LogP contribution in [-0.2, 0) is 0 Å². The minimum Gasteiger partial charge on any atom is -0.316 e. The molecule has 1 aliphatic carbocycles. The molecule has 1 saturated heterocycles. The molecule has 0 amide bonds. The van der Waals surface area contributed by atoms with Gasteiger partial charge in [-0.05, 0) is 87.3 Å². The molecule has 3 rings (SSSR count). The molecule has 2 aliphatic rings. The summed E-state index contributed by atoms with van der Waals surface area (Å²) in [5.74, 6) is 2.53. The Morgan fingerprint density at radius 3 is 2.23 bits per heavy atom. The van der Waals surface area contributed by atoms with E-state index in [4.69, 9.17) is 0 Å². The van der Waals surface area contributed by atoms with Crippen LogP contribution in [0, 0.1) is 5.92 Å². The van der Waals surface area contributed by atoms with E-state index >= 15 is 0 Å². The highest BCUT2D eigenvalue weighted by atomic mass is 14.9. The van der Waals surface area contributed by atoms with Crippen molar-refractivity contribution in [3.8, 4) is 0 Å². The first-order valence-electron chi connectivity index (χ1n) is 9.28. The molecular formula is C21H31N. The van der Waals surface area contributed by atoms with Crippen molar-refractivity contribution in [2.24, 2.45) is 5.92 Å². The first-order chi connectivity index (χ1) is 10.9. The van der Waals surface area contributed by atoms with Gasteiger partial charge in [-0.2, -0.15) is 0 Å². The molecule has 1 heterocycles. The van der Waals surface area contributed by atoms with Crippen LogP contribution in [0.25, 0.3) is 0 Å². The smallest absolute Gasteiger partial charge is 0.00206 e. The maximum Gasteiger partial charge on any atom is 0.00206 e. The molecule has 1 unspecified atom stereocenters. The van der Waals surface area contributed by atoms with Crippen molar-refractivity contribution < 1.29 is 0 Å². The van der Waals surface area contributed by atoms with Crippen molar-refractivity contribution in [3.63, 3.8) is 0 Å². The van der Waals surface area contributed by atoms with Crippen LogP contribution in [0.4, 0.5) is 0 Å². The molecule has 2 fully saturated rings. The van der Waals surface area contributed by atoms with Crippen molar-refractivity contribution in [1.82, 2.24) is 5.32 Å². The Morgan fingerprint density at radius 2 is 1.64 bits per heavy atom. The summed E-state index contributed by atoms with van der Waals surface area (Å²) in [5.41, 5.74) is 3.12. The lowest BCUT2D eigenvalue weighted by Gasteiger charge is -2.29. The molecule has 1 nitrogen and oxygen atoms in total. The van der Waals surface area contributed by atoms with Crippen LogP contribution in [0.15, 0.2) is 36.4 Å². The lowest BCUT2D eigenvalue weighted by Crippen LogP contribution is -2.13. The van der Waals surface area contributed by atoms with Crippen LogP contribution in [0.2, 0.25) is 0 Å². The average molecular weight is 297 g/mol. The summed E-state index contributed by atoms with van der Waals surface area (Å²) in [5, 5.41) is 3.47. The fourth-order valence-corrected chi connectivity index (χ4v) is 4.26. The van der Waals surface area contributed by atoms with Crippen molar-refractivity contribution in [3.05, 3.63) is 47.5 Å². The molecule has 1 aromatic carbocycles. The molecule has 1 heteroatoms. The van der Waals surface area contributed by atoms with E-state index in [-0.39, 0.29) is 0 Å². The molecule has 1 atom stereocenters. The van der Waals surface area contributed by atoms with Gasteiger partial charge < -0.3 is 5.32 Å². The second-order valence-corrected chi connectivity index (χ2v) is 7.22. The second kappa shape index (κ2) is 7.97. The van der Waals surface area contributed by atoms with E-state index in [0.29, 0.717) is 0 Å². The van der Waals surface area contributed by atoms with Gasteiger partial charge in [0.2, 0.25) is 0 Å². The summed E-state index contributed by atoms with van der Waals surface area (Å²) in [6.45, 7) is 4.47. The molecule has 0 spiro atoms. The largest absolute Gasteiger partial charge is 0.316 e. The number of hydrogen-bond donors (Lipinski definition) is 1. The summed E-state index contributed by atoms with van der Waals surface area (Å²) >= 11 is 0. The topological polar surface area (TPSA) is 12.0 Å². The number of hydrogen-bond acceptors (Lipinski definition) is 1. The maximum absolute atomic E-state index is 3.47. The molecule has 120 valence electrons. The fourth-order valence-electron chi connectivity index (χ4n) is 4.26. The molecule has 1 N–H and O–H groups in total. The zero-order valence-corrected chi connectivity index (χ0v) is 14.1. The third-order valence-corrected chi connectivity index (χ3v) is 5.76. The summed E-state index contributed by atoms with van der Waals surface area (Å²) < 4.78 is 0. The van der Waals surface area contributed by atoms with Gasteiger partial charge >= 0.3 is 0 Å². The van der Waals surface area contributed by atoms with Gasteiger partial charge in [0, 0.05) is 6.54 Å². The van der Waals surface area contributed by atoms with Crippen LogP contribution in [-0.4, -0.2) is 13.1 Å². The molecule has 0 bridgehead atoms. The van der Waals surface area contributed by atoms with Gasteiger partial charge in [-0.3, -0.25) is 0 Å². The molecule has 1 aromatic rings. The zero-order valence-electron chi connectivity index (χ0n) is 14.1. The van der Waals surface area contributed by atoms with E-state index < -0.39 is 0 Å². The first kappa shape index (κ1) is 15.8. The minimum atomic E-state index is 0.747. The Hall–Kier alpha value is -1.08. The number of benzene rings is 1. The molecular weight excluding hydrogens is 266 g/mol. The Morgan fingerprint density at radius 1 is 0.955 bits per heavy atom. The first-order valence-corrected chi connectivity index (χ1v) is 9.28. The van der Waals surface area contributed by atoms with Crippen LogP contribution in [0.5, 0.6) is 0 Å². The lowest BCUT2D eigenvalue weighted by atomic mass is 9.77. The summed E-state index contributed by atoms with van der Waals surface area (Å²) in [7, 11) is 0. The number of rotatable bonds is 5. The molecule has 1 saturated carbocycles. The summed E-state index contributed by atoms with van der Waals surface area (Å²) in [6.07, 6.45) is 14.1. The van der Waals surface area contributed by atoms with Gasteiger partial charge in [-0.1, -0.05) is 36.4 Å². The van der Waals surface area contributed by atoms with Gasteiger partial charge in [0.1, 0.15) is 0 Å². The van der Waals surface area contributed by atoms with Gasteiger partial charge in [-0.25, -0.2) is 0 Å². The van der Waals surface area contributed by atoms with E-state index in [9.17, 15) is 0 Å². The predicted octanol–water partition coefficient (Wildman–Crippen LogP) is 5.39. The highest BCUT2D eigenvalue weighted by Crippen LogP contribution is 2.38. The normalized spacial score (nSPS) is 29.2. The average Bonchev–Trinajstić information content (AvgIpc) is 3.11. The standard InChI is InChI=1S/C21H31N/c1-2-3-4-5-17-6-8-18(9-7-17)19-10-12-20(13-11-19)21-14-15-22-16-21/h2-3,10-13,17-18,21-22H,4-9,14-16H2,1H3/b3-2+. The van der Waals surface area contributed by atoms with Crippen LogP contribution in [0.3, 0.4) is 0 Å². The number of allylic oxidation sites excluding steroid dienone is 2. The lowest BCUT2D eigenvalue weighted by molar-refractivity contribution is 0.312. The SMILES string of the molecule is C/C=C/CCC1CCC(c2ccc(C3CCNC3)cc2)CC1. The third kappa shape index (κ3) is 4.01. The Labute approximate surface area is 136 Å². The predicted molar refractivity (Wildman–Crippen MR) is 95.4 cm³/mol. The Bertz CT molecular complexity index is 459. The van der Waals surface area contributed by atoms with Crippen LogP contribution in [0.1, 0.15) is 74.8 Å². The van der Waals surface area contributed by atoms with E-state index in [1.807, 2.05) is 0 Å². The molecule has 0 radical (unpaired) electrons. The van der Waals surface area contributed by atoms with Crippen molar-refractivity contribution in [2.75, 3.05) is 13.1 Å². The van der Waals surface area contributed by atoms with Crippen molar-refractivity contribution in [1.29, 1.82) is 0 Å². The van der Waals surface area contributed by atoms with Gasteiger partial charge in [0.05, 0.1) is 0 Å². The zero-order chi connectivity index (χ0) is 15.2. The monoisotopic (exact) mass is 297 g/mol. The van der Waals surface area contributed by atoms with Crippen molar-refractivity contribution in [2.45, 2.75) is 63.7 Å². The summed E-state index contributed by atoms with van der Waals surface area (Å²) in [4.78, 5) is 0. The van der Waals surface area contributed by atoms with Crippen LogP contribution >= 0.6 is 0 Å². The molecule has 22 heavy (non-hydrogen) atoms. The van der Waals surface area contributed by atoms with Gasteiger partial charge in [-0.15, -0.1) is 0 Å². The Kier molecular flexibility index (Phi) is 5.72. The minimum absolute atomic E-state index is 0.747. The van der Waals surface area contributed by atoms with Crippen LogP contribution < -0.4 is 5.32 Å². The van der Waals surface area contributed by atoms with E-state index in [0.717, 1.165) is 24.3 Å². The molecule has 1 aliphatic heterocycles. The van der Waals surface area contributed by atoms with Gasteiger partial charge in [0.25, 0.3) is 0 Å². The third-order valence-electron chi connectivity index (χ3n) is 5.76. The quantitative estimate of drug-likeness (QED) is 0.718. The molecule has 0 aromatic heterocycles. The highest BCUT2D eigenvalue weighted by molar-refractivity contribution is 5.28. The second-order valence-electron chi connectivity index (χ2n) is 7.22. The van der Waals surface area contributed by atoms with E-state index in [1.54, 1.807) is 5.56 Å². The van der Waals surface area contributed by atoms with E-state index in [1.165, 1.54) is 57.1 Å². The van der Waals surface area contributed by atoms with E-state index in [2.05, 4.69) is 48.7 Å². The maximum atomic E-state index is 3.47. The number of nitrogens with one attached hydrogen (secondary N) is 1. The van der Waals surface area contributed by atoms with Gasteiger partial charge in [0.15, 0.2) is 0 Å².